The summed E-state index contributed by atoms with van der Waals surface area (Å²) in [5, 5.41) is 21.3. The Morgan fingerprint density at radius 1 is 0.711 bits per heavy atom. The Morgan fingerprint density at radius 3 is 1.42 bits per heavy atom. The number of benzene rings is 1. The molecule has 0 unspecified atom stereocenters. The number of piperidine rings is 2. The zero-order valence-corrected chi connectivity index (χ0v) is 24.7. The smallest absolute Gasteiger partial charge is 0.119 e. The average molecular weight is 529 g/mol. The van der Waals surface area contributed by atoms with Crippen LogP contribution in [0.5, 0.6) is 11.5 Å². The van der Waals surface area contributed by atoms with Gasteiger partial charge in [-0.25, -0.2) is 0 Å². The maximum absolute atomic E-state index is 10.7. The summed E-state index contributed by atoms with van der Waals surface area (Å²) in [7, 11) is 0. The molecule has 0 aromatic heterocycles. The number of nitrogens with zero attached hydrogens (tertiary/aromatic N) is 2. The van der Waals surface area contributed by atoms with Gasteiger partial charge in [0.1, 0.15) is 36.9 Å². The van der Waals surface area contributed by atoms with E-state index in [0.717, 1.165) is 37.7 Å². The predicted molar refractivity (Wildman–Crippen MR) is 152 cm³/mol. The predicted octanol–water partition coefficient (Wildman–Crippen LogP) is 4.68. The Balaban J connectivity index is 1.02. The summed E-state index contributed by atoms with van der Waals surface area (Å²) in [6, 6.07) is 7.52. The van der Waals surface area contributed by atoms with Crippen molar-refractivity contribution in [3.05, 3.63) is 24.3 Å². The first-order chi connectivity index (χ1) is 17.8. The Kier molecular flexibility index (Phi) is 7.60. The maximum Gasteiger partial charge on any atom is 0.119 e. The quantitative estimate of drug-likeness (QED) is 0.460. The second-order valence-electron chi connectivity index (χ2n) is 14.8. The highest BCUT2D eigenvalue weighted by atomic mass is 16.5. The molecule has 38 heavy (non-hydrogen) atoms. The molecule has 4 fully saturated rings. The molecule has 4 bridgehead atoms. The minimum atomic E-state index is -0.511. The Bertz CT molecular complexity index is 888. The lowest BCUT2D eigenvalue weighted by Gasteiger charge is -2.50. The van der Waals surface area contributed by atoms with Crippen LogP contribution in [0.25, 0.3) is 0 Å². The van der Waals surface area contributed by atoms with Crippen LogP contribution in [0.4, 0.5) is 0 Å². The minimum absolute atomic E-state index is 0.284. The zero-order chi connectivity index (χ0) is 27.3. The monoisotopic (exact) mass is 528 g/mol. The molecule has 1 aromatic rings. The Labute approximate surface area is 230 Å². The van der Waals surface area contributed by atoms with E-state index in [1.54, 1.807) is 0 Å². The molecule has 2 aliphatic carbocycles. The van der Waals surface area contributed by atoms with Crippen molar-refractivity contribution in [3.8, 4) is 11.5 Å². The van der Waals surface area contributed by atoms with Crippen molar-refractivity contribution >= 4 is 0 Å². The molecule has 1 aromatic carbocycles. The van der Waals surface area contributed by atoms with Crippen LogP contribution in [0.2, 0.25) is 0 Å². The summed E-state index contributed by atoms with van der Waals surface area (Å²) >= 11 is 0. The van der Waals surface area contributed by atoms with Crippen molar-refractivity contribution in [1.82, 2.24) is 9.80 Å². The summed E-state index contributed by atoms with van der Waals surface area (Å²) in [6.45, 7) is 20.7. The molecule has 6 atom stereocenters. The van der Waals surface area contributed by atoms with E-state index in [0.29, 0.717) is 46.6 Å². The highest BCUT2D eigenvalue weighted by molar-refractivity contribution is 5.31. The number of hydrogen-bond donors (Lipinski definition) is 2. The third-order valence-electron chi connectivity index (χ3n) is 12.0. The zero-order valence-electron chi connectivity index (χ0n) is 24.7. The number of ether oxygens (including phenoxy) is 2. The van der Waals surface area contributed by atoms with Gasteiger partial charge in [0.2, 0.25) is 0 Å². The molecule has 214 valence electrons. The van der Waals surface area contributed by atoms with Crippen LogP contribution >= 0.6 is 0 Å². The summed E-state index contributed by atoms with van der Waals surface area (Å²) in [6.07, 6.45) is 4.15. The fourth-order valence-corrected chi connectivity index (χ4v) is 8.28. The van der Waals surface area contributed by atoms with Crippen LogP contribution in [0.1, 0.15) is 67.2 Å². The molecule has 2 saturated heterocycles. The van der Waals surface area contributed by atoms with Gasteiger partial charge in [-0.3, -0.25) is 9.80 Å². The lowest BCUT2D eigenvalue weighted by atomic mass is 9.63. The fraction of sp³-hybridized carbons (Fsp3) is 0.812. The normalized spacial score (nSPS) is 35.7. The number of hydrogen-bond acceptors (Lipinski definition) is 6. The first kappa shape index (κ1) is 28.2. The van der Waals surface area contributed by atoms with E-state index < -0.39 is 12.2 Å². The molecule has 4 aliphatic rings. The molecule has 2 saturated carbocycles. The van der Waals surface area contributed by atoms with Gasteiger partial charge in [-0.1, -0.05) is 41.5 Å². The van der Waals surface area contributed by atoms with Gasteiger partial charge in [0.15, 0.2) is 0 Å². The van der Waals surface area contributed by atoms with Crippen molar-refractivity contribution in [2.45, 2.75) is 79.4 Å². The molecule has 5 rings (SSSR count). The molecule has 6 heteroatoms. The van der Waals surface area contributed by atoms with Crippen molar-refractivity contribution in [3.63, 3.8) is 0 Å². The van der Waals surface area contributed by atoms with E-state index in [1.807, 2.05) is 24.3 Å². The third kappa shape index (κ3) is 5.23. The molecule has 0 amide bonds. The molecular formula is C32H52N2O4. The second-order valence-corrected chi connectivity index (χ2v) is 14.8. The molecule has 0 spiro atoms. The number of rotatable bonds is 10. The van der Waals surface area contributed by atoms with Crippen molar-refractivity contribution in [1.29, 1.82) is 0 Å². The van der Waals surface area contributed by atoms with Gasteiger partial charge in [-0.05, 0) is 83.4 Å². The average Bonchev–Trinajstić information content (AvgIpc) is 3.05. The topological polar surface area (TPSA) is 65.4 Å². The summed E-state index contributed by atoms with van der Waals surface area (Å²) in [5.74, 6) is 2.88. The lowest BCUT2D eigenvalue weighted by Crippen LogP contribution is -2.54. The highest BCUT2D eigenvalue weighted by Crippen LogP contribution is 2.59. The first-order valence-corrected chi connectivity index (χ1v) is 15.0. The van der Waals surface area contributed by atoms with Crippen LogP contribution in [0, 0.1) is 33.5 Å². The van der Waals surface area contributed by atoms with Gasteiger partial charge in [-0.2, -0.15) is 0 Å². The van der Waals surface area contributed by atoms with Gasteiger partial charge < -0.3 is 19.7 Å². The van der Waals surface area contributed by atoms with Gasteiger partial charge in [0, 0.05) is 39.3 Å². The minimum Gasteiger partial charge on any atom is -0.491 e. The molecular weight excluding hydrogens is 476 g/mol. The second kappa shape index (κ2) is 10.2. The summed E-state index contributed by atoms with van der Waals surface area (Å²) in [5.41, 5.74) is 1.44. The van der Waals surface area contributed by atoms with E-state index in [4.69, 9.17) is 9.47 Å². The first-order valence-electron chi connectivity index (χ1n) is 15.0. The number of likely N-dealkylation sites (tertiary alicyclic amines) is 2. The summed E-state index contributed by atoms with van der Waals surface area (Å²) in [4.78, 5) is 4.88. The number of aliphatic hydroxyl groups excluding tert-OH is 2. The number of aliphatic hydroxyl groups is 2. The molecule has 2 heterocycles. The molecule has 2 N–H and O–H groups in total. The highest BCUT2D eigenvalue weighted by Gasteiger charge is 2.56. The van der Waals surface area contributed by atoms with Crippen molar-refractivity contribution in [2.75, 3.05) is 52.5 Å². The van der Waals surface area contributed by atoms with E-state index in [1.165, 1.54) is 25.7 Å². The Hall–Kier alpha value is -1.34. The van der Waals surface area contributed by atoms with Gasteiger partial charge in [0.25, 0.3) is 0 Å². The van der Waals surface area contributed by atoms with Gasteiger partial charge in [-0.15, -0.1) is 0 Å². The van der Waals surface area contributed by atoms with Crippen LogP contribution in [0.15, 0.2) is 24.3 Å². The molecule has 0 radical (unpaired) electrons. The van der Waals surface area contributed by atoms with Crippen molar-refractivity contribution < 1.29 is 19.7 Å². The fourth-order valence-electron chi connectivity index (χ4n) is 8.28. The standard InChI is InChI=1S/C32H52N2O4/c1-29(2)23-11-13-31(29,5)21-33(15-23)17-25(35)19-37-27-7-9-28(10-8-27)38-20-26(36)18-34-16-24-12-14-32(6,22-34)30(24,3)4/h7-10,23-26,35-36H,11-22H2,1-6H3/t23-,24+,25+,26-,31-,32-/m0/s1. The van der Waals surface area contributed by atoms with E-state index in [9.17, 15) is 10.2 Å². The van der Waals surface area contributed by atoms with Gasteiger partial charge >= 0.3 is 0 Å². The largest absolute Gasteiger partial charge is 0.491 e. The van der Waals surface area contributed by atoms with Crippen LogP contribution < -0.4 is 9.47 Å². The molecule has 6 nitrogen and oxygen atoms in total. The van der Waals surface area contributed by atoms with E-state index in [2.05, 4.69) is 51.3 Å². The van der Waals surface area contributed by atoms with Crippen molar-refractivity contribution in [2.24, 2.45) is 33.5 Å². The number of β-amino-alcohol motifs (C(OH)–C–C–N with tert-alkyl or cyclic N) is 2. The third-order valence-corrected chi connectivity index (χ3v) is 12.0. The van der Waals surface area contributed by atoms with Crippen LogP contribution in [-0.4, -0.2) is 84.7 Å². The van der Waals surface area contributed by atoms with E-state index >= 15 is 0 Å². The van der Waals surface area contributed by atoms with E-state index in [-0.39, 0.29) is 13.2 Å². The molecule has 2 aliphatic heterocycles. The summed E-state index contributed by atoms with van der Waals surface area (Å²) < 4.78 is 11.8. The maximum atomic E-state index is 10.7. The lowest BCUT2D eigenvalue weighted by molar-refractivity contribution is -0.0381. The Morgan fingerprint density at radius 2 is 1.08 bits per heavy atom. The van der Waals surface area contributed by atoms with Crippen LogP contribution in [-0.2, 0) is 0 Å². The number of fused-ring (bicyclic) bond motifs is 4. The SMILES string of the molecule is CC1(C)[C@@H]2CC[C@@]1(C)CN(C[C@H](O)COc1ccc(OC[C@H](O)CN3C[C@@H]4CC[C@@](C)(C3)C4(C)C)cc1)C2. The van der Waals surface area contributed by atoms with Gasteiger partial charge in [0.05, 0.1) is 0 Å². The van der Waals surface area contributed by atoms with Crippen LogP contribution in [0.3, 0.4) is 0 Å².